The first-order valence-corrected chi connectivity index (χ1v) is 26.4. The van der Waals surface area contributed by atoms with Crippen molar-refractivity contribution < 1.29 is 16.8 Å². The summed E-state index contributed by atoms with van der Waals surface area (Å²) in [5.41, 5.74) is 5.58. The first-order chi connectivity index (χ1) is 32.3. The lowest BCUT2D eigenvalue weighted by atomic mass is 9.77. The predicted molar refractivity (Wildman–Crippen MR) is 268 cm³/mol. The van der Waals surface area contributed by atoms with E-state index in [1.54, 1.807) is 82.3 Å². The summed E-state index contributed by atoms with van der Waals surface area (Å²) in [5.74, 6) is 0.136. The molecule has 0 amide bonds. The summed E-state index contributed by atoms with van der Waals surface area (Å²) in [5, 5.41) is 0. The van der Waals surface area contributed by atoms with E-state index in [1.165, 1.54) is 0 Å². The molecule has 326 valence electrons. The number of hydrogen-bond donors (Lipinski definition) is 0. The third-order valence-corrected chi connectivity index (χ3v) is 16.9. The number of hydrogen-bond acceptors (Lipinski definition) is 6. The van der Waals surface area contributed by atoms with E-state index in [0.717, 1.165) is 43.4 Å². The minimum Gasteiger partial charge on any atom is -0.319 e. The van der Waals surface area contributed by atoms with E-state index in [-0.39, 0.29) is 33.7 Å². The highest BCUT2D eigenvalue weighted by molar-refractivity contribution is 8.76. The Kier molecular flexibility index (Phi) is 12.2. The zero-order chi connectivity index (χ0) is 45.1. The quantitative estimate of drug-likeness (QED) is 0.105. The van der Waals surface area contributed by atoms with E-state index in [0.29, 0.717) is 11.7 Å². The van der Waals surface area contributed by atoms with Crippen LogP contribution in [-0.2, 0) is 20.0 Å². The third kappa shape index (κ3) is 8.49. The maximum Gasteiger partial charge on any atom is 0.283 e. The van der Waals surface area contributed by atoms with Gasteiger partial charge in [-0.1, -0.05) is 204 Å². The molecule has 2 fully saturated rings. The van der Waals surface area contributed by atoms with Gasteiger partial charge in [0.2, 0.25) is 0 Å². The second-order valence-electron chi connectivity index (χ2n) is 15.8. The van der Waals surface area contributed by atoms with Crippen molar-refractivity contribution in [2.24, 2.45) is 8.80 Å². The molecule has 66 heavy (non-hydrogen) atoms. The molecule has 8 aromatic carbocycles. The second-order valence-corrected chi connectivity index (χ2v) is 21.2. The topological polar surface area (TPSA) is 99.5 Å². The molecule has 10 rings (SSSR count). The average Bonchev–Trinajstić information content (AvgIpc) is 3.36. The zero-order valence-electron chi connectivity index (χ0n) is 35.3. The Morgan fingerprint density at radius 2 is 0.606 bits per heavy atom. The smallest absolute Gasteiger partial charge is 0.283 e. The van der Waals surface area contributed by atoms with Crippen LogP contribution in [0.15, 0.2) is 259 Å². The minimum absolute atomic E-state index is 0.121. The average molecular weight is 939 g/mol. The number of nitrogens with zero attached hydrogens (tertiary/aromatic N) is 4. The van der Waals surface area contributed by atoms with Gasteiger partial charge in [0.15, 0.2) is 0 Å². The maximum atomic E-state index is 14.1. The fourth-order valence-electron chi connectivity index (χ4n) is 8.80. The van der Waals surface area contributed by atoms with Gasteiger partial charge < -0.3 is 9.80 Å². The molecule has 2 saturated heterocycles. The molecule has 0 saturated carbocycles. The molecule has 8 aromatic rings. The van der Waals surface area contributed by atoms with Crippen LogP contribution in [0.5, 0.6) is 0 Å². The molecule has 4 unspecified atom stereocenters. The van der Waals surface area contributed by atoms with Crippen LogP contribution in [0.1, 0.15) is 46.2 Å². The fraction of sp³-hybridized carbons (Fsp3) is 0.0741. The molecular weight excluding hydrogens is 897 g/mol. The molecule has 0 spiro atoms. The summed E-state index contributed by atoms with van der Waals surface area (Å²) in [7, 11) is -5.11. The fourth-order valence-corrected chi connectivity index (χ4v) is 13.2. The SMILES string of the molecule is O=S(=O)(N=C1C(c2ccccc2)C(c2ccccc2)N1c1ccccc1SSc1ccccc1N1/C(=N\S(=O)(=O)c2ccccc2)C(c2ccccc2)C1c1ccccc1)c1ccccc1. The summed E-state index contributed by atoms with van der Waals surface area (Å²) >= 11 is 0. The van der Waals surface area contributed by atoms with Crippen molar-refractivity contribution in [3.63, 3.8) is 0 Å². The van der Waals surface area contributed by atoms with Crippen molar-refractivity contribution in [2.45, 2.75) is 43.5 Å². The van der Waals surface area contributed by atoms with Crippen molar-refractivity contribution in [3.05, 3.63) is 253 Å². The van der Waals surface area contributed by atoms with Crippen molar-refractivity contribution in [2.75, 3.05) is 9.80 Å². The van der Waals surface area contributed by atoms with Crippen LogP contribution >= 0.6 is 21.6 Å². The summed E-state index contributed by atoms with van der Waals surface area (Å²) in [6.45, 7) is 0. The molecule has 0 aromatic heterocycles. The van der Waals surface area contributed by atoms with Crippen LogP contribution in [0.2, 0.25) is 0 Å². The number of amidine groups is 2. The van der Waals surface area contributed by atoms with Gasteiger partial charge in [-0.3, -0.25) is 0 Å². The van der Waals surface area contributed by atoms with Crippen LogP contribution in [0, 0.1) is 0 Å². The number of para-hydroxylation sites is 2. The monoisotopic (exact) mass is 938 g/mol. The highest BCUT2D eigenvalue weighted by atomic mass is 33.1. The normalized spacial score (nSPS) is 19.6. The van der Waals surface area contributed by atoms with Crippen molar-refractivity contribution in [1.82, 2.24) is 0 Å². The molecule has 2 aliphatic heterocycles. The lowest BCUT2D eigenvalue weighted by molar-refractivity contribution is 0.563. The standard InChI is InChI=1S/C54H42N4O4S4/c59-65(60,43-31-15-5-16-32-43)55-53-49(39-23-7-1-8-24-39)51(41-27-11-3-12-28-41)57(53)45-35-19-21-37-47(45)63-64-48-38-22-20-36-46(48)58-52(42-29-13-4-14-30-42)50(40-25-9-2-10-26-40)54(58)56-66(61,62)44-33-17-6-18-34-44/h1-38,49-52H/b55-53-,56-54?. The summed E-state index contributed by atoms with van der Waals surface area (Å²) in [6, 6.07) is 72.3. The van der Waals surface area contributed by atoms with E-state index in [2.05, 4.69) is 42.9 Å². The minimum atomic E-state index is -4.10. The van der Waals surface area contributed by atoms with Crippen LogP contribution in [-0.4, -0.2) is 28.5 Å². The van der Waals surface area contributed by atoms with Crippen LogP contribution in [0.3, 0.4) is 0 Å². The molecule has 0 N–H and O–H groups in total. The van der Waals surface area contributed by atoms with Gasteiger partial charge in [-0.2, -0.15) is 16.8 Å². The molecule has 4 atom stereocenters. The van der Waals surface area contributed by atoms with Gasteiger partial charge >= 0.3 is 0 Å². The van der Waals surface area contributed by atoms with E-state index in [9.17, 15) is 16.8 Å². The molecular formula is C54H42N4O4S4. The number of anilines is 2. The lowest BCUT2D eigenvalue weighted by Crippen LogP contribution is -2.54. The van der Waals surface area contributed by atoms with E-state index >= 15 is 0 Å². The van der Waals surface area contributed by atoms with Gasteiger partial charge in [0.05, 0.1) is 45.1 Å². The first-order valence-electron chi connectivity index (χ1n) is 21.4. The Morgan fingerprint density at radius 1 is 0.333 bits per heavy atom. The highest BCUT2D eigenvalue weighted by Crippen LogP contribution is 2.56. The molecule has 0 aliphatic carbocycles. The molecule has 2 aliphatic rings. The van der Waals surface area contributed by atoms with Gasteiger partial charge in [-0.15, -0.1) is 8.80 Å². The van der Waals surface area contributed by atoms with Crippen molar-refractivity contribution >= 4 is 64.7 Å². The third-order valence-electron chi connectivity index (χ3n) is 11.8. The first kappa shape index (κ1) is 43.2. The summed E-state index contributed by atoms with van der Waals surface area (Å²) in [6.07, 6.45) is 0. The van der Waals surface area contributed by atoms with Crippen molar-refractivity contribution in [3.8, 4) is 0 Å². The number of sulfonamides is 2. The van der Waals surface area contributed by atoms with E-state index in [1.807, 2.05) is 146 Å². The van der Waals surface area contributed by atoms with Gasteiger partial charge in [0.1, 0.15) is 11.7 Å². The van der Waals surface area contributed by atoms with E-state index < -0.39 is 20.0 Å². The zero-order valence-corrected chi connectivity index (χ0v) is 38.6. The number of rotatable bonds is 13. The maximum absolute atomic E-state index is 14.1. The van der Waals surface area contributed by atoms with Crippen molar-refractivity contribution in [1.29, 1.82) is 0 Å². The van der Waals surface area contributed by atoms with Gasteiger partial charge in [0.25, 0.3) is 20.0 Å². The summed E-state index contributed by atoms with van der Waals surface area (Å²) < 4.78 is 65.8. The van der Waals surface area contributed by atoms with Crippen LogP contribution < -0.4 is 9.80 Å². The molecule has 12 heteroatoms. The van der Waals surface area contributed by atoms with Gasteiger partial charge in [0, 0.05) is 9.79 Å². The molecule has 0 radical (unpaired) electrons. The Balaban J connectivity index is 1.06. The Labute approximate surface area is 393 Å². The van der Waals surface area contributed by atoms with Gasteiger partial charge in [-0.05, 0) is 70.8 Å². The van der Waals surface area contributed by atoms with E-state index in [4.69, 9.17) is 0 Å². The predicted octanol–water partition coefficient (Wildman–Crippen LogP) is 12.8. The van der Waals surface area contributed by atoms with Crippen LogP contribution in [0.25, 0.3) is 0 Å². The lowest BCUT2D eigenvalue weighted by Gasteiger charge is -2.51. The molecule has 2 heterocycles. The second kappa shape index (κ2) is 18.7. The van der Waals surface area contributed by atoms with Crippen LogP contribution in [0.4, 0.5) is 11.4 Å². The number of benzene rings is 8. The van der Waals surface area contributed by atoms with Gasteiger partial charge in [-0.25, -0.2) is 0 Å². The molecule has 8 nitrogen and oxygen atoms in total. The highest BCUT2D eigenvalue weighted by Gasteiger charge is 2.51. The molecule has 0 bridgehead atoms. The Bertz CT molecular complexity index is 3030. The Morgan fingerprint density at radius 3 is 0.939 bits per heavy atom. The largest absolute Gasteiger partial charge is 0.319 e. The summed E-state index contributed by atoms with van der Waals surface area (Å²) in [4.78, 5) is 6.15. The Hall–Kier alpha value is -6.70.